The highest BCUT2D eigenvalue weighted by molar-refractivity contribution is 7.89. The Morgan fingerprint density at radius 3 is 2.50 bits per heavy atom. The van der Waals surface area contributed by atoms with Gasteiger partial charge in [0, 0.05) is 19.2 Å². The zero-order chi connectivity index (χ0) is 16.7. The SMILES string of the molecule is Cc1nn(C)c(Cl)c1S(=O)(=O)NCc1c(F)ccc(Cl)c1F. The average Bonchev–Trinajstić information content (AvgIpc) is 2.68. The molecule has 1 aromatic heterocycles. The first-order valence-electron chi connectivity index (χ1n) is 5.96. The Morgan fingerprint density at radius 2 is 1.95 bits per heavy atom. The zero-order valence-electron chi connectivity index (χ0n) is 11.5. The first-order valence-corrected chi connectivity index (χ1v) is 8.20. The summed E-state index contributed by atoms with van der Waals surface area (Å²) in [6.45, 7) is 0.853. The van der Waals surface area contributed by atoms with E-state index in [-0.39, 0.29) is 20.8 Å². The van der Waals surface area contributed by atoms with E-state index in [9.17, 15) is 17.2 Å². The average molecular weight is 370 g/mol. The Balaban J connectivity index is 2.34. The fraction of sp³-hybridized carbons (Fsp3) is 0.250. The number of nitrogens with zero attached hydrogens (tertiary/aromatic N) is 2. The van der Waals surface area contributed by atoms with Crippen molar-refractivity contribution in [3.05, 3.63) is 45.2 Å². The summed E-state index contributed by atoms with van der Waals surface area (Å²) < 4.78 is 55.1. The van der Waals surface area contributed by atoms with Gasteiger partial charge in [-0.25, -0.2) is 21.9 Å². The van der Waals surface area contributed by atoms with Crippen LogP contribution in [0.5, 0.6) is 0 Å². The highest BCUT2D eigenvalue weighted by atomic mass is 35.5. The highest BCUT2D eigenvalue weighted by Gasteiger charge is 2.26. The maximum absolute atomic E-state index is 13.8. The minimum atomic E-state index is -4.09. The molecule has 2 aromatic rings. The van der Waals surface area contributed by atoms with Gasteiger partial charge >= 0.3 is 0 Å². The summed E-state index contributed by atoms with van der Waals surface area (Å²) in [5.41, 5.74) is -0.305. The number of halogens is 4. The standard InChI is InChI=1S/C12H11Cl2F2N3O2S/c1-6-11(12(14)19(2)18-6)22(20,21)17-5-7-9(15)4-3-8(13)10(7)16/h3-4,17H,5H2,1-2H3. The van der Waals surface area contributed by atoms with Crippen molar-refractivity contribution in [1.29, 1.82) is 0 Å². The normalized spacial score (nSPS) is 11.9. The van der Waals surface area contributed by atoms with Gasteiger partial charge in [0.1, 0.15) is 21.7 Å². The molecule has 10 heteroatoms. The third kappa shape index (κ3) is 3.10. The monoisotopic (exact) mass is 369 g/mol. The molecule has 1 aromatic carbocycles. The van der Waals surface area contributed by atoms with E-state index in [0.29, 0.717) is 0 Å². The van der Waals surface area contributed by atoms with Gasteiger partial charge in [-0.15, -0.1) is 0 Å². The number of aromatic nitrogens is 2. The van der Waals surface area contributed by atoms with Gasteiger partial charge < -0.3 is 0 Å². The van der Waals surface area contributed by atoms with Crippen LogP contribution in [0.15, 0.2) is 17.0 Å². The number of benzene rings is 1. The molecule has 0 aliphatic rings. The van der Waals surface area contributed by atoms with E-state index in [1.165, 1.54) is 18.7 Å². The predicted octanol–water partition coefficient (Wildman–Crippen LogP) is 2.79. The van der Waals surface area contributed by atoms with Crippen LogP contribution in [0.4, 0.5) is 8.78 Å². The van der Waals surface area contributed by atoms with Crippen molar-refractivity contribution in [2.45, 2.75) is 18.4 Å². The molecule has 0 saturated carbocycles. The van der Waals surface area contributed by atoms with Crippen molar-refractivity contribution in [3.8, 4) is 0 Å². The second-order valence-electron chi connectivity index (χ2n) is 4.48. The van der Waals surface area contributed by atoms with Gasteiger partial charge in [-0.3, -0.25) is 4.68 Å². The van der Waals surface area contributed by atoms with Crippen molar-refractivity contribution < 1.29 is 17.2 Å². The first-order chi connectivity index (χ1) is 10.1. The van der Waals surface area contributed by atoms with Crippen LogP contribution in [-0.4, -0.2) is 18.2 Å². The zero-order valence-corrected chi connectivity index (χ0v) is 13.8. The van der Waals surface area contributed by atoms with Crippen LogP contribution in [0, 0.1) is 18.6 Å². The molecule has 0 unspecified atom stereocenters. The van der Waals surface area contributed by atoms with E-state index in [2.05, 4.69) is 9.82 Å². The number of hydrogen-bond donors (Lipinski definition) is 1. The summed E-state index contributed by atoms with van der Waals surface area (Å²) >= 11 is 11.4. The van der Waals surface area contributed by atoms with Gasteiger partial charge in [0.15, 0.2) is 0 Å². The second-order valence-corrected chi connectivity index (χ2v) is 6.94. The summed E-state index contributed by atoms with van der Waals surface area (Å²) in [5, 5.41) is 3.48. The lowest BCUT2D eigenvalue weighted by molar-refractivity contribution is 0.544. The fourth-order valence-corrected chi connectivity index (χ4v) is 3.80. The predicted molar refractivity (Wildman–Crippen MR) is 78.3 cm³/mol. The van der Waals surface area contributed by atoms with E-state index in [1.54, 1.807) is 0 Å². The number of rotatable bonds is 4. The Morgan fingerprint density at radius 1 is 1.32 bits per heavy atom. The maximum atomic E-state index is 13.8. The third-order valence-electron chi connectivity index (χ3n) is 2.95. The third-order valence-corrected chi connectivity index (χ3v) is 5.33. The van der Waals surface area contributed by atoms with Crippen molar-refractivity contribution >= 4 is 33.2 Å². The van der Waals surface area contributed by atoms with Crippen molar-refractivity contribution in [2.75, 3.05) is 0 Å². The number of aryl methyl sites for hydroxylation is 2. The lowest BCUT2D eigenvalue weighted by atomic mass is 10.2. The summed E-state index contributed by atoms with van der Waals surface area (Å²) in [4.78, 5) is -0.237. The summed E-state index contributed by atoms with van der Waals surface area (Å²) in [7, 11) is -2.61. The molecule has 22 heavy (non-hydrogen) atoms. The molecule has 0 aliphatic heterocycles. The van der Waals surface area contributed by atoms with Crippen LogP contribution in [0.25, 0.3) is 0 Å². The largest absolute Gasteiger partial charge is 0.255 e. The molecule has 0 radical (unpaired) electrons. The van der Waals surface area contributed by atoms with Crippen molar-refractivity contribution in [1.82, 2.24) is 14.5 Å². The van der Waals surface area contributed by atoms with E-state index < -0.39 is 33.8 Å². The van der Waals surface area contributed by atoms with Gasteiger partial charge in [0.25, 0.3) is 0 Å². The minimum Gasteiger partial charge on any atom is -0.255 e. The fourth-order valence-electron chi connectivity index (χ4n) is 1.89. The van der Waals surface area contributed by atoms with E-state index in [4.69, 9.17) is 23.2 Å². The summed E-state index contributed by atoms with van der Waals surface area (Å²) in [6, 6.07) is 2.00. The van der Waals surface area contributed by atoms with Crippen LogP contribution >= 0.6 is 23.2 Å². The van der Waals surface area contributed by atoms with Gasteiger partial charge in [-0.2, -0.15) is 5.10 Å². The molecule has 0 aliphatic carbocycles. The first kappa shape index (κ1) is 17.1. The van der Waals surface area contributed by atoms with Gasteiger partial charge in [-0.1, -0.05) is 23.2 Å². The molecule has 120 valence electrons. The molecule has 0 amide bonds. The maximum Gasteiger partial charge on any atom is 0.245 e. The minimum absolute atomic E-state index is 0.1000. The molecule has 5 nitrogen and oxygen atoms in total. The lowest BCUT2D eigenvalue weighted by Crippen LogP contribution is -2.25. The molecule has 2 rings (SSSR count). The molecular weight excluding hydrogens is 359 g/mol. The molecule has 0 spiro atoms. The topological polar surface area (TPSA) is 64.0 Å². The Hall–Kier alpha value is -1.22. The second kappa shape index (κ2) is 6.11. The smallest absolute Gasteiger partial charge is 0.245 e. The van der Waals surface area contributed by atoms with Crippen LogP contribution < -0.4 is 4.72 Å². The Labute approximate surface area is 135 Å². The Kier molecular flexibility index (Phi) is 4.76. The molecular formula is C12H11Cl2F2N3O2S. The Bertz CT molecular complexity index is 837. The highest BCUT2D eigenvalue weighted by Crippen LogP contribution is 2.25. The lowest BCUT2D eigenvalue weighted by Gasteiger charge is -2.09. The van der Waals surface area contributed by atoms with Crippen LogP contribution in [0.3, 0.4) is 0 Å². The van der Waals surface area contributed by atoms with Crippen LogP contribution in [-0.2, 0) is 23.6 Å². The van der Waals surface area contributed by atoms with Crippen molar-refractivity contribution in [3.63, 3.8) is 0 Å². The van der Waals surface area contributed by atoms with Gasteiger partial charge in [0.05, 0.1) is 10.7 Å². The number of sulfonamides is 1. The van der Waals surface area contributed by atoms with E-state index in [0.717, 1.165) is 12.1 Å². The molecule has 1 heterocycles. The van der Waals surface area contributed by atoms with E-state index in [1.807, 2.05) is 0 Å². The summed E-state index contributed by atoms with van der Waals surface area (Å²) in [5.74, 6) is -1.92. The number of nitrogens with one attached hydrogen (secondary N) is 1. The number of hydrogen-bond acceptors (Lipinski definition) is 3. The summed E-state index contributed by atoms with van der Waals surface area (Å²) in [6.07, 6.45) is 0. The van der Waals surface area contributed by atoms with Gasteiger partial charge in [0.2, 0.25) is 10.0 Å². The molecule has 0 saturated heterocycles. The quantitative estimate of drug-likeness (QED) is 0.842. The van der Waals surface area contributed by atoms with Gasteiger partial charge in [-0.05, 0) is 19.1 Å². The van der Waals surface area contributed by atoms with E-state index >= 15 is 0 Å². The molecule has 0 atom stereocenters. The molecule has 1 N–H and O–H groups in total. The molecule has 0 fully saturated rings. The van der Waals surface area contributed by atoms with Crippen LogP contribution in [0.2, 0.25) is 10.2 Å². The molecule has 0 bridgehead atoms. The van der Waals surface area contributed by atoms with Crippen molar-refractivity contribution in [2.24, 2.45) is 7.05 Å². The van der Waals surface area contributed by atoms with Crippen LogP contribution in [0.1, 0.15) is 11.3 Å².